The molecule has 138 valence electrons. The number of guanidine groups is 1. The topological polar surface area (TPSA) is 80.0 Å². The molecule has 0 spiro atoms. The van der Waals surface area contributed by atoms with E-state index in [1.807, 2.05) is 4.68 Å². The summed E-state index contributed by atoms with van der Waals surface area (Å²) in [6, 6.07) is 0.312. The van der Waals surface area contributed by atoms with E-state index < -0.39 is 0 Å². The van der Waals surface area contributed by atoms with Crippen LogP contribution in [0.15, 0.2) is 16.7 Å². The molecule has 1 unspecified atom stereocenters. The maximum absolute atomic E-state index is 4.71. The fraction of sp³-hybridized carbons (Fsp3) is 0.625. The molecule has 1 aliphatic rings. The molecule has 3 rings (SSSR count). The third kappa shape index (κ3) is 5.13. The summed E-state index contributed by atoms with van der Waals surface area (Å²) in [7, 11) is 1.79. The molecule has 0 radical (unpaired) electrons. The molecule has 0 saturated carbocycles. The van der Waals surface area contributed by atoms with Crippen molar-refractivity contribution < 1.29 is 0 Å². The minimum atomic E-state index is 0. The largest absolute Gasteiger partial charge is 0.352 e. The number of hydrogen-bond donors (Lipinski definition) is 2. The highest BCUT2D eigenvalue weighted by atomic mass is 127. The van der Waals surface area contributed by atoms with Crippen molar-refractivity contribution in [2.75, 3.05) is 7.05 Å². The average Bonchev–Trinajstić information content (AvgIpc) is 3.19. The van der Waals surface area contributed by atoms with Gasteiger partial charge in [-0.15, -0.1) is 35.3 Å². The van der Waals surface area contributed by atoms with Crippen LogP contribution in [0.25, 0.3) is 0 Å². The third-order valence-electron chi connectivity index (χ3n) is 4.10. The zero-order valence-electron chi connectivity index (χ0n) is 15.1. The number of fused-ring (bicyclic) bond motifs is 1. The first-order chi connectivity index (χ1) is 11.5. The Hall–Kier alpha value is -1.23. The number of nitrogens with zero attached hydrogens (tertiary/aromatic N) is 5. The fourth-order valence-corrected chi connectivity index (χ4v) is 3.60. The molecule has 2 aromatic rings. The van der Waals surface area contributed by atoms with E-state index in [1.165, 1.54) is 0 Å². The van der Waals surface area contributed by atoms with Gasteiger partial charge in [-0.2, -0.15) is 5.10 Å². The smallest absolute Gasteiger partial charge is 0.191 e. The van der Waals surface area contributed by atoms with Gasteiger partial charge in [0.1, 0.15) is 17.2 Å². The molecular weight excluding hydrogens is 449 g/mol. The number of nitrogens with one attached hydrogen (secondary N) is 2. The second-order valence-corrected chi connectivity index (χ2v) is 7.98. The summed E-state index contributed by atoms with van der Waals surface area (Å²) in [6.45, 7) is 8.05. The standard InChI is InChI=1S/C16H25N7S.HI/c1-16(2,3)12-9-24-14(22-12)7-18-15(17-4)21-11-5-6-13-19-10-20-23(13)8-11;/h9-11H,5-8H2,1-4H3,(H2,17,18,21);1H. The van der Waals surface area contributed by atoms with E-state index in [9.17, 15) is 0 Å². The Morgan fingerprint density at radius 2 is 2.24 bits per heavy atom. The maximum Gasteiger partial charge on any atom is 0.191 e. The van der Waals surface area contributed by atoms with Crippen molar-refractivity contribution in [3.63, 3.8) is 0 Å². The van der Waals surface area contributed by atoms with Gasteiger partial charge in [0.25, 0.3) is 0 Å². The monoisotopic (exact) mass is 475 g/mol. The van der Waals surface area contributed by atoms with Gasteiger partial charge in [0.15, 0.2) is 5.96 Å². The molecule has 2 aromatic heterocycles. The molecule has 0 saturated heterocycles. The van der Waals surface area contributed by atoms with E-state index >= 15 is 0 Å². The van der Waals surface area contributed by atoms with Crippen LogP contribution in [-0.2, 0) is 24.9 Å². The predicted octanol–water partition coefficient (Wildman–Crippen LogP) is 2.33. The second kappa shape index (κ2) is 8.43. The molecule has 1 aliphatic heterocycles. The fourth-order valence-electron chi connectivity index (χ4n) is 2.64. The van der Waals surface area contributed by atoms with Gasteiger partial charge >= 0.3 is 0 Å². The quantitative estimate of drug-likeness (QED) is 0.405. The maximum atomic E-state index is 4.71. The van der Waals surface area contributed by atoms with Crippen molar-refractivity contribution in [2.24, 2.45) is 4.99 Å². The van der Waals surface area contributed by atoms with E-state index in [0.717, 1.165) is 41.9 Å². The van der Waals surface area contributed by atoms with Crippen molar-refractivity contribution in [3.05, 3.63) is 28.2 Å². The van der Waals surface area contributed by atoms with E-state index in [1.54, 1.807) is 24.7 Å². The minimum Gasteiger partial charge on any atom is -0.352 e. The van der Waals surface area contributed by atoms with Gasteiger partial charge in [-0.05, 0) is 6.42 Å². The molecule has 3 heterocycles. The van der Waals surface area contributed by atoms with Gasteiger partial charge in [-0.3, -0.25) is 4.99 Å². The Balaban J connectivity index is 0.00000225. The lowest BCUT2D eigenvalue weighted by Crippen LogP contribution is -2.46. The summed E-state index contributed by atoms with van der Waals surface area (Å²) in [5.41, 5.74) is 1.23. The zero-order chi connectivity index (χ0) is 17.2. The summed E-state index contributed by atoms with van der Waals surface area (Å²) in [5.74, 6) is 1.87. The number of rotatable bonds is 3. The number of aromatic nitrogens is 4. The van der Waals surface area contributed by atoms with Crippen molar-refractivity contribution in [3.8, 4) is 0 Å². The summed E-state index contributed by atoms with van der Waals surface area (Å²) < 4.78 is 1.96. The van der Waals surface area contributed by atoms with E-state index in [0.29, 0.717) is 12.6 Å². The molecule has 0 fully saturated rings. The van der Waals surface area contributed by atoms with Crippen molar-refractivity contribution >= 4 is 41.3 Å². The molecule has 7 nitrogen and oxygen atoms in total. The van der Waals surface area contributed by atoms with Crippen LogP contribution in [0.4, 0.5) is 0 Å². The van der Waals surface area contributed by atoms with Crippen LogP contribution in [0.3, 0.4) is 0 Å². The molecule has 9 heteroatoms. The lowest BCUT2D eigenvalue weighted by Gasteiger charge is -2.25. The van der Waals surface area contributed by atoms with Crippen molar-refractivity contribution in [2.45, 2.75) is 58.2 Å². The lowest BCUT2D eigenvalue weighted by molar-refractivity contribution is 0.392. The molecule has 0 bridgehead atoms. The summed E-state index contributed by atoms with van der Waals surface area (Å²) >= 11 is 1.69. The number of hydrogen-bond acceptors (Lipinski definition) is 5. The van der Waals surface area contributed by atoms with Crippen LogP contribution in [0.5, 0.6) is 0 Å². The van der Waals surface area contributed by atoms with Crippen LogP contribution in [0.1, 0.15) is 43.7 Å². The molecule has 2 N–H and O–H groups in total. The SMILES string of the molecule is CN=C(NCc1nc(C(C)(C)C)cs1)NC1CCc2ncnn2C1.I. The molecule has 0 aliphatic carbocycles. The summed E-state index contributed by atoms with van der Waals surface area (Å²) in [6.07, 6.45) is 3.60. The van der Waals surface area contributed by atoms with Crippen molar-refractivity contribution in [1.82, 2.24) is 30.4 Å². The van der Waals surface area contributed by atoms with E-state index in [-0.39, 0.29) is 29.4 Å². The van der Waals surface area contributed by atoms with Crippen LogP contribution in [0, 0.1) is 0 Å². The molecule has 25 heavy (non-hydrogen) atoms. The Bertz CT molecular complexity index is 716. The highest BCUT2D eigenvalue weighted by molar-refractivity contribution is 14.0. The normalized spacial score (nSPS) is 17.6. The van der Waals surface area contributed by atoms with Crippen LogP contribution >= 0.6 is 35.3 Å². The van der Waals surface area contributed by atoms with Crippen LogP contribution < -0.4 is 10.6 Å². The minimum absolute atomic E-state index is 0. The highest BCUT2D eigenvalue weighted by Gasteiger charge is 2.21. The number of aryl methyl sites for hydroxylation is 1. The van der Waals surface area contributed by atoms with Gasteiger partial charge in [-0.25, -0.2) is 14.6 Å². The first-order valence-corrected chi connectivity index (χ1v) is 9.12. The van der Waals surface area contributed by atoms with Crippen LogP contribution in [0.2, 0.25) is 0 Å². The Morgan fingerprint density at radius 3 is 2.92 bits per heavy atom. The van der Waals surface area contributed by atoms with Crippen LogP contribution in [-0.4, -0.2) is 38.8 Å². The number of halogens is 1. The highest BCUT2D eigenvalue weighted by Crippen LogP contribution is 2.23. The van der Waals surface area contributed by atoms with Gasteiger partial charge in [-0.1, -0.05) is 20.8 Å². The second-order valence-electron chi connectivity index (χ2n) is 7.04. The first kappa shape index (κ1) is 20.1. The van der Waals surface area contributed by atoms with Gasteiger partial charge in [0, 0.05) is 30.3 Å². The van der Waals surface area contributed by atoms with Gasteiger partial charge < -0.3 is 10.6 Å². The predicted molar refractivity (Wildman–Crippen MR) is 112 cm³/mol. The zero-order valence-corrected chi connectivity index (χ0v) is 18.3. The third-order valence-corrected chi connectivity index (χ3v) is 4.95. The number of aliphatic imine (C=N–C) groups is 1. The van der Waals surface area contributed by atoms with E-state index in [4.69, 9.17) is 4.98 Å². The Labute approximate surface area is 169 Å². The molecule has 0 aromatic carbocycles. The molecule has 1 atom stereocenters. The Kier molecular flexibility index (Phi) is 6.78. The Morgan fingerprint density at radius 1 is 1.44 bits per heavy atom. The van der Waals surface area contributed by atoms with Crippen molar-refractivity contribution in [1.29, 1.82) is 0 Å². The molecular formula is C16H26IN7S. The first-order valence-electron chi connectivity index (χ1n) is 8.24. The van der Waals surface area contributed by atoms with E-state index in [2.05, 4.69) is 51.9 Å². The van der Waals surface area contributed by atoms with Gasteiger partial charge in [0.05, 0.1) is 18.8 Å². The summed E-state index contributed by atoms with van der Waals surface area (Å²) in [5, 5.41) is 14.3. The van der Waals surface area contributed by atoms with Gasteiger partial charge in [0.2, 0.25) is 0 Å². The average molecular weight is 475 g/mol. The lowest BCUT2D eigenvalue weighted by atomic mass is 9.93. The summed E-state index contributed by atoms with van der Waals surface area (Å²) in [4.78, 5) is 13.3. The molecule has 0 amide bonds. The number of thiazole rings is 1.